The molecule has 2 saturated heterocycles. The van der Waals surface area contributed by atoms with E-state index in [2.05, 4.69) is 10.2 Å². The first-order valence-electron chi connectivity index (χ1n) is 7.38. The first-order valence-corrected chi connectivity index (χ1v) is 7.38. The second-order valence-electron chi connectivity index (χ2n) is 6.17. The van der Waals surface area contributed by atoms with Gasteiger partial charge in [-0.25, -0.2) is 0 Å². The van der Waals surface area contributed by atoms with Crippen molar-refractivity contribution >= 4 is 12.4 Å². The summed E-state index contributed by atoms with van der Waals surface area (Å²) in [7, 11) is 0. The van der Waals surface area contributed by atoms with Crippen molar-refractivity contribution in [3.63, 3.8) is 0 Å². The zero-order valence-corrected chi connectivity index (χ0v) is 11.7. The normalized spacial score (nSPS) is 34.6. The van der Waals surface area contributed by atoms with Crippen LogP contribution in [0.5, 0.6) is 0 Å². The quantitative estimate of drug-likeness (QED) is 0.838. The number of likely N-dealkylation sites (tertiary alicyclic amines) is 1. The van der Waals surface area contributed by atoms with Gasteiger partial charge in [-0.2, -0.15) is 0 Å². The number of rotatable bonds is 3. The number of nitrogens with one attached hydrogen (secondary N) is 1. The minimum Gasteiger partial charge on any atom is -0.310 e. The molecule has 17 heavy (non-hydrogen) atoms. The molecule has 0 radical (unpaired) electrons. The zero-order chi connectivity index (χ0) is 10.8. The van der Waals surface area contributed by atoms with E-state index >= 15 is 0 Å². The summed E-state index contributed by atoms with van der Waals surface area (Å²) >= 11 is 0. The molecule has 1 saturated carbocycles. The molecule has 3 fully saturated rings. The van der Waals surface area contributed by atoms with Gasteiger partial charge in [0, 0.05) is 18.6 Å². The zero-order valence-electron chi connectivity index (χ0n) is 10.9. The molecule has 0 aromatic heterocycles. The van der Waals surface area contributed by atoms with Crippen molar-refractivity contribution in [3.05, 3.63) is 0 Å². The van der Waals surface area contributed by atoms with Gasteiger partial charge in [0.1, 0.15) is 0 Å². The lowest BCUT2D eigenvalue weighted by molar-refractivity contribution is 0.239. The predicted octanol–water partition coefficient (Wildman–Crippen LogP) is 2.81. The topological polar surface area (TPSA) is 15.3 Å². The average molecular weight is 259 g/mol. The van der Waals surface area contributed by atoms with E-state index in [-0.39, 0.29) is 12.4 Å². The molecule has 0 spiro atoms. The molecule has 2 heterocycles. The summed E-state index contributed by atoms with van der Waals surface area (Å²) in [4.78, 5) is 2.73. The first-order chi connectivity index (χ1) is 7.90. The lowest BCUT2D eigenvalue weighted by Gasteiger charge is -2.25. The van der Waals surface area contributed by atoms with Crippen molar-refractivity contribution in [1.82, 2.24) is 10.2 Å². The van der Waals surface area contributed by atoms with E-state index in [1.54, 1.807) is 0 Å². The van der Waals surface area contributed by atoms with Crippen LogP contribution in [0.25, 0.3) is 0 Å². The summed E-state index contributed by atoms with van der Waals surface area (Å²) in [5, 5.41) is 3.77. The molecule has 1 aliphatic carbocycles. The van der Waals surface area contributed by atoms with Crippen LogP contribution in [0.3, 0.4) is 0 Å². The Labute approximate surface area is 112 Å². The van der Waals surface area contributed by atoms with E-state index in [1.807, 2.05) is 0 Å². The van der Waals surface area contributed by atoms with E-state index < -0.39 is 0 Å². The van der Waals surface area contributed by atoms with E-state index in [4.69, 9.17) is 0 Å². The lowest BCUT2D eigenvalue weighted by atomic mass is 10.0. The smallest absolute Gasteiger partial charge is 0.0198 e. The molecule has 2 nitrogen and oxygen atoms in total. The fourth-order valence-electron chi connectivity index (χ4n) is 3.88. The molecule has 2 bridgehead atoms. The van der Waals surface area contributed by atoms with Gasteiger partial charge in [0.15, 0.2) is 0 Å². The van der Waals surface area contributed by atoms with Crippen molar-refractivity contribution in [3.8, 4) is 0 Å². The van der Waals surface area contributed by atoms with Gasteiger partial charge >= 0.3 is 0 Å². The van der Waals surface area contributed by atoms with Crippen LogP contribution in [0.4, 0.5) is 0 Å². The Morgan fingerprint density at radius 3 is 2.53 bits per heavy atom. The Kier molecular flexibility index (Phi) is 5.13. The Morgan fingerprint density at radius 1 is 0.941 bits per heavy atom. The molecule has 0 amide bonds. The number of halogens is 1. The van der Waals surface area contributed by atoms with Crippen LogP contribution in [0, 0.1) is 5.92 Å². The summed E-state index contributed by atoms with van der Waals surface area (Å²) in [6.07, 6.45) is 11.7. The van der Waals surface area contributed by atoms with Crippen LogP contribution in [-0.4, -0.2) is 36.6 Å². The van der Waals surface area contributed by atoms with Gasteiger partial charge in [-0.15, -0.1) is 12.4 Å². The van der Waals surface area contributed by atoms with Crippen LogP contribution in [0.1, 0.15) is 51.4 Å². The maximum absolute atomic E-state index is 3.77. The molecule has 100 valence electrons. The minimum atomic E-state index is 0. The van der Waals surface area contributed by atoms with E-state index in [1.165, 1.54) is 71.0 Å². The summed E-state index contributed by atoms with van der Waals surface area (Å²) in [6, 6.07) is 1.66. The fourth-order valence-corrected chi connectivity index (χ4v) is 3.88. The summed E-state index contributed by atoms with van der Waals surface area (Å²) in [5.41, 5.74) is 0. The Bertz CT molecular complexity index is 228. The number of fused-ring (bicyclic) bond motifs is 2. The number of hydrogen-bond acceptors (Lipinski definition) is 2. The standard InChI is InChI=1S/C14H26N2.ClH/c1-2-4-12(3-1)7-9-16-10-8-13-5-6-14(11-16)15-13;/h12-15H,1-11H2;1H. The van der Waals surface area contributed by atoms with E-state index in [0.717, 1.165) is 18.0 Å². The molecular formula is C14H27ClN2. The molecular weight excluding hydrogens is 232 g/mol. The van der Waals surface area contributed by atoms with Gasteiger partial charge in [-0.1, -0.05) is 25.7 Å². The molecule has 1 N–H and O–H groups in total. The summed E-state index contributed by atoms with van der Waals surface area (Å²) in [5.74, 6) is 1.06. The Hall–Kier alpha value is 0.210. The second kappa shape index (κ2) is 6.40. The minimum absolute atomic E-state index is 0. The van der Waals surface area contributed by atoms with Crippen molar-refractivity contribution in [2.45, 2.75) is 63.5 Å². The van der Waals surface area contributed by atoms with Crippen molar-refractivity contribution in [2.75, 3.05) is 19.6 Å². The third-order valence-electron chi connectivity index (χ3n) is 4.94. The van der Waals surface area contributed by atoms with Gasteiger partial charge < -0.3 is 10.2 Å². The predicted molar refractivity (Wildman–Crippen MR) is 74.8 cm³/mol. The van der Waals surface area contributed by atoms with Crippen LogP contribution in [0.15, 0.2) is 0 Å². The van der Waals surface area contributed by atoms with Gasteiger partial charge in [0.05, 0.1) is 0 Å². The molecule has 2 atom stereocenters. The Balaban J connectivity index is 0.00000108. The SMILES string of the molecule is C1CCC(CCN2CCC3CCC(C2)N3)C1.Cl. The monoisotopic (exact) mass is 258 g/mol. The highest BCUT2D eigenvalue weighted by Crippen LogP contribution is 2.28. The lowest BCUT2D eigenvalue weighted by Crippen LogP contribution is -2.36. The highest BCUT2D eigenvalue weighted by atomic mass is 35.5. The molecule has 0 aromatic rings. The highest BCUT2D eigenvalue weighted by molar-refractivity contribution is 5.85. The molecule has 2 unspecified atom stereocenters. The fraction of sp³-hybridized carbons (Fsp3) is 1.00. The van der Waals surface area contributed by atoms with Crippen LogP contribution < -0.4 is 5.32 Å². The van der Waals surface area contributed by atoms with Crippen molar-refractivity contribution < 1.29 is 0 Å². The number of nitrogens with zero attached hydrogens (tertiary/aromatic N) is 1. The summed E-state index contributed by atoms with van der Waals surface area (Å²) in [6.45, 7) is 4.04. The maximum Gasteiger partial charge on any atom is 0.0198 e. The van der Waals surface area contributed by atoms with E-state index in [9.17, 15) is 0 Å². The largest absolute Gasteiger partial charge is 0.310 e. The van der Waals surface area contributed by atoms with Gasteiger partial charge in [0.25, 0.3) is 0 Å². The van der Waals surface area contributed by atoms with Crippen LogP contribution in [0.2, 0.25) is 0 Å². The summed E-state index contributed by atoms with van der Waals surface area (Å²) < 4.78 is 0. The van der Waals surface area contributed by atoms with Crippen LogP contribution >= 0.6 is 12.4 Å². The number of hydrogen-bond donors (Lipinski definition) is 1. The van der Waals surface area contributed by atoms with Gasteiger partial charge in [-0.3, -0.25) is 0 Å². The van der Waals surface area contributed by atoms with Crippen molar-refractivity contribution in [2.24, 2.45) is 5.92 Å². The maximum atomic E-state index is 3.77. The third-order valence-corrected chi connectivity index (χ3v) is 4.94. The third kappa shape index (κ3) is 3.59. The first kappa shape index (κ1) is 13.6. The van der Waals surface area contributed by atoms with Crippen LogP contribution in [-0.2, 0) is 0 Å². The van der Waals surface area contributed by atoms with E-state index in [0.29, 0.717) is 0 Å². The highest BCUT2D eigenvalue weighted by Gasteiger charge is 2.29. The van der Waals surface area contributed by atoms with Crippen molar-refractivity contribution in [1.29, 1.82) is 0 Å². The van der Waals surface area contributed by atoms with Gasteiger partial charge in [-0.05, 0) is 44.7 Å². The second-order valence-corrected chi connectivity index (χ2v) is 6.17. The molecule has 2 aliphatic heterocycles. The van der Waals surface area contributed by atoms with Gasteiger partial charge in [0.2, 0.25) is 0 Å². The molecule has 0 aromatic carbocycles. The molecule has 3 aliphatic rings. The average Bonchev–Trinajstić information content (AvgIpc) is 2.87. The molecule has 3 heteroatoms. The molecule has 3 rings (SSSR count). The Morgan fingerprint density at radius 2 is 1.71 bits per heavy atom.